The predicted molar refractivity (Wildman–Crippen MR) is 177 cm³/mol. The molecule has 0 aliphatic rings. The first kappa shape index (κ1) is 33.6. The van der Waals surface area contributed by atoms with Crippen molar-refractivity contribution in [2.45, 2.75) is 176 Å². The molecular formula is C39H64. The Bertz CT molecular complexity index is 1120. The Morgan fingerprint density at radius 1 is 0.410 bits per heavy atom. The number of hydrogen-bond acceptors (Lipinski definition) is 0. The van der Waals surface area contributed by atoms with Gasteiger partial charge in [0, 0.05) is 0 Å². The molecule has 0 saturated heterocycles. The van der Waals surface area contributed by atoms with Gasteiger partial charge in [-0.2, -0.15) is 0 Å². The summed E-state index contributed by atoms with van der Waals surface area (Å²) in [6.07, 6.45) is 1.06. The zero-order valence-corrected chi connectivity index (χ0v) is 29.6. The molecule has 0 heterocycles. The Morgan fingerprint density at radius 3 is 1.05 bits per heavy atom. The van der Waals surface area contributed by atoms with Crippen LogP contribution in [0.15, 0.2) is 24.3 Å². The highest BCUT2D eigenvalue weighted by atomic mass is 14.4. The third kappa shape index (κ3) is 7.80. The SMILES string of the molecule is CC(Cc1c(C(C)(C)C)cc(C(C)(C)C)cc1C(C)(C)C)c1cc(C(C)(C)C)c(C(C)(C)C)cc1C(C)(C)C. The van der Waals surface area contributed by atoms with Crippen molar-refractivity contribution in [3.8, 4) is 0 Å². The van der Waals surface area contributed by atoms with E-state index in [0.29, 0.717) is 5.92 Å². The molecule has 220 valence electrons. The summed E-state index contributed by atoms with van der Waals surface area (Å²) in [6, 6.07) is 10.2. The predicted octanol–water partition coefficient (Wildman–Crippen LogP) is 11.8. The van der Waals surface area contributed by atoms with Crippen LogP contribution in [0.25, 0.3) is 0 Å². The quantitative estimate of drug-likeness (QED) is 0.369. The highest BCUT2D eigenvalue weighted by Crippen LogP contribution is 2.44. The minimum Gasteiger partial charge on any atom is -0.0581 e. The Balaban J connectivity index is 2.94. The lowest BCUT2D eigenvalue weighted by molar-refractivity contribution is 0.513. The van der Waals surface area contributed by atoms with E-state index in [2.05, 4.69) is 156 Å². The first-order valence-electron chi connectivity index (χ1n) is 15.4. The Labute approximate surface area is 244 Å². The normalized spacial score (nSPS) is 15.1. The van der Waals surface area contributed by atoms with Gasteiger partial charge in [-0.25, -0.2) is 0 Å². The van der Waals surface area contributed by atoms with E-state index in [-0.39, 0.29) is 32.5 Å². The largest absolute Gasteiger partial charge is 0.0581 e. The maximum Gasteiger partial charge on any atom is -0.0129 e. The smallest absolute Gasteiger partial charge is 0.0129 e. The fraction of sp³-hybridized carbons (Fsp3) is 0.692. The standard InChI is InChI=1S/C39H64/c1-25(27-23-32(38(14,15)16)33(39(17,18)19)24-31(27)37(11,12)13)20-28-29(35(5,6)7)21-26(34(2,3)4)22-30(28)36(8,9)10/h21-25H,20H2,1-19H3. The molecule has 0 amide bonds. The van der Waals surface area contributed by atoms with Gasteiger partial charge in [0.15, 0.2) is 0 Å². The fourth-order valence-electron chi connectivity index (χ4n) is 5.99. The summed E-state index contributed by atoms with van der Waals surface area (Å²) < 4.78 is 0. The van der Waals surface area contributed by atoms with Gasteiger partial charge in [-0.15, -0.1) is 0 Å². The van der Waals surface area contributed by atoms with Crippen LogP contribution in [-0.2, 0) is 38.9 Å². The molecule has 0 spiro atoms. The molecule has 2 aromatic carbocycles. The van der Waals surface area contributed by atoms with E-state index in [1.165, 1.54) is 38.9 Å². The molecule has 0 aromatic heterocycles. The lowest BCUT2D eigenvalue weighted by atomic mass is 9.68. The average molecular weight is 533 g/mol. The van der Waals surface area contributed by atoms with E-state index < -0.39 is 0 Å². The molecule has 1 unspecified atom stereocenters. The van der Waals surface area contributed by atoms with Gasteiger partial charge in [0.25, 0.3) is 0 Å². The van der Waals surface area contributed by atoms with E-state index in [0.717, 1.165) is 6.42 Å². The third-order valence-electron chi connectivity index (χ3n) is 8.39. The number of rotatable bonds is 3. The van der Waals surface area contributed by atoms with Gasteiger partial charge in [-0.3, -0.25) is 0 Å². The third-order valence-corrected chi connectivity index (χ3v) is 8.39. The molecule has 0 heteroatoms. The first-order valence-corrected chi connectivity index (χ1v) is 15.4. The van der Waals surface area contributed by atoms with E-state index in [9.17, 15) is 0 Å². The molecule has 0 N–H and O–H groups in total. The summed E-state index contributed by atoms with van der Waals surface area (Å²) in [5.41, 5.74) is 12.6. The maximum absolute atomic E-state index is 2.60. The van der Waals surface area contributed by atoms with Gasteiger partial charge in [0.1, 0.15) is 0 Å². The van der Waals surface area contributed by atoms with Crippen molar-refractivity contribution in [3.63, 3.8) is 0 Å². The zero-order valence-electron chi connectivity index (χ0n) is 29.6. The van der Waals surface area contributed by atoms with E-state index >= 15 is 0 Å². The molecule has 0 radical (unpaired) electrons. The van der Waals surface area contributed by atoms with Crippen molar-refractivity contribution in [3.05, 3.63) is 68.8 Å². The van der Waals surface area contributed by atoms with Crippen molar-refractivity contribution in [2.75, 3.05) is 0 Å². The minimum absolute atomic E-state index is 0.0792. The number of benzene rings is 2. The number of hydrogen-bond donors (Lipinski definition) is 0. The Kier molecular flexibility index (Phi) is 8.94. The van der Waals surface area contributed by atoms with Gasteiger partial charge < -0.3 is 0 Å². The van der Waals surface area contributed by atoms with Crippen molar-refractivity contribution >= 4 is 0 Å². The highest BCUT2D eigenvalue weighted by molar-refractivity contribution is 5.51. The molecule has 2 aromatic rings. The van der Waals surface area contributed by atoms with Gasteiger partial charge in [-0.1, -0.05) is 156 Å². The van der Waals surface area contributed by atoms with Crippen LogP contribution in [0.4, 0.5) is 0 Å². The molecule has 39 heavy (non-hydrogen) atoms. The van der Waals surface area contributed by atoms with Gasteiger partial charge in [0.2, 0.25) is 0 Å². The second-order valence-electron chi connectivity index (χ2n) is 18.6. The Morgan fingerprint density at radius 2 is 0.744 bits per heavy atom. The van der Waals surface area contributed by atoms with Crippen molar-refractivity contribution in [2.24, 2.45) is 0 Å². The summed E-state index contributed by atoms with van der Waals surface area (Å²) >= 11 is 0. The molecular weight excluding hydrogens is 468 g/mol. The summed E-state index contributed by atoms with van der Waals surface area (Å²) in [6.45, 7) is 45.3. The molecule has 0 aliphatic carbocycles. The lowest BCUT2D eigenvalue weighted by Crippen LogP contribution is -2.27. The average Bonchev–Trinajstić information content (AvgIpc) is 2.68. The van der Waals surface area contributed by atoms with Crippen LogP contribution in [0.3, 0.4) is 0 Å². The van der Waals surface area contributed by atoms with E-state index in [1.807, 2.05) is 0 Å². The zero-order chi connectivity index (χ0) is 30.7. The topological polar surface area (TPSA) is 0 Å². The second kappa shape index (κ2) is 10.4. The van der Waals surface area contributed by atoms with Crippen molar-refractivity contribution in [1.29, 1.82) is 0 Å². The highest BCUT2D eigenvalue weighted by Gasteiger charge is 2.33. The van der Waals surface area contributed by atoms with Crippen molar-refractivity contribution < 1.29 is 0 Å². The molecule has 0 nitrogen and oxygen atoms in total. The summed E-state index contributed by atoms with van der Waals surface area (Å²) in [5, 5.41) is 0. The molecule has 2 rings (SSSR count). The maximum atomic E-state index is 2.60. The molecule has 0 bridgehead atoms. The fourth-order valence-corrected chi connectivity index (χ4v) is 5.99. The summed E-state index contributed by atoms with van der Waals surface area (Å²) in [7, 11) is 0. The monoisotopic (exact) mass is 533 g/mol. The Hall–Kier alpha value is -1.56. The lowest BCUT2D eigenvalue weighted by Gasteiger charge is -2.37. The summed E-state index contributed by atoms with van der Waals surface area (Å²) in [5.74, 6) is 0.414. The van der Waals surface area contributed by atoms with E-state index in [1.54, 1.807) is 5.56 Å². The van der Waals surface area contributed by atoms with Gasteiger partial charge >= 0.3 is 0 Å². The van der Waals surface area contributed by atoms with Crippen LogP contribution in [0.2, 0.25) is 0 Å². The molecule has 0 aliphatic heterocycles. The van der Waals surface area contributed by atoms with Gasteiger partial charge in [0.05, 0.1) is 0 Å². The summed E-state index contributed by atoms with van der Waals surface area (Å²) in [4.78, 5) is 0. The second-order valence-corrected chi connectivity index (χ2v) is 18.6. The van der Waals surface area contributed by atoms with Crippen LogP contribution in [0, 0.1) is 0 Å². The van der Waals surface area contributed by atoms with Crippen LogP contribution >= 0.6 is 0 Å². The molecule has 0 saturated carbocycles. The van der Waals surface area contributed by atoms with Crippen LogP contribution in [-0.4, -0.2) is 0 Å². The van der Waals surface area contributed by atoms with Gasteiger partial charge in [-0.05, 0) is 89.3 Å². The first-order chi connectivity index (χ1) is 17.1. The van der Waals surface area contributed by atoms with Crippen LogP contribution in [0.5, 0.6) is 0 Å². The molecule has 0 fully saturated rings. The van der Waals surface area contributed by atoms with Crippen LogP contribution < -0.4 is 0 Å². The van der Waals surface area contributed by atoms with Crippen molar-refractivity contribution in [1.82, 2.24) is 0 Å². The van der Waals surface area contributed by atoms with Crippen LogP contribution in [0.1, 0.15) is 182 Å². The van der Waals surface area contributed by atoms with E-state index in [4.69, 9.17) is 0 Å². The molecule has 1 atom stereocenters. The minimum atomic E-state index is 0.0792.